The standard InChI is InChI=1S/C23H24FN/c1-6-18-12-22(21-13-19(24)9-8-15(21)3)17(5)25-23(18)20-10-7-14(2)11-16(20)4/h7-13H,6H2,1-5H3. The molecule has 0 amide bonds. The van der Waals surface area contributed by atoms with Crippen molar-refractivity contribution in [2.45, 2.75) is 41.0 Å². The quantitative estimate of drug-likeness (QED) is 0.544. The molecule has 0 fully saturated rings. The van der Waals surface area contributed by atoms with Gasteiger partial charge in [-0.2, -0.15) is 0 Å². The molecule has 0 aliphatic heterocycles. The van der Waals surface area contributed by atoms with Crippen molar-refractivity contribution in [2.75, 3.05) is 0 Å². The molecule has 0 aliphatic carbocycles. The lowest BCUT2D eigenvalue weighted by Crippen LogP contribution is -2.00. The van der Waals surface area contributed by atoms with Crippen molar-refractivity contribution >= 4 is 0 Å². The molecule has 0 radical (unpaired) electrons. The number of aryl methyl sites for hydroxylation is 5. The highest BCUT2D eigenvalue weighted by atomic mass is 19.1. The van der Waals surface area contributed by atoms with E-state index in [2.05, 4.69) is 45.0 Å². The van der Waals surface area contributed by atoms with Crippen LogP contribution >= 0.6 is 0 Å². The van der Waals surface area contributed by atoms with Gasteiger partial charge in [0, 0.05) is 16.8 Å². The third-order valence-electron chi connectivity index (χ3n) is 4.80. The Balaban J connectivity index is 2.22. The van der Waals surface area contributed by atoms with Crippen LogP contribution in [0.3, 0.4) is 0 Å². The number of rotatable bonds is 3. The summed E-state index contributed by atoms with van der Waals surface area (Å²) in [4.78, 5) is 4.93. The molecule has 0 aliphatic rings. The lowest BCUT2D eigenvalue weighted by molar-refractivity contribution is 0.628. The molecule has 0 unspecified atom stereocenters. The fraction of sp³-hybridized carbons (Fsp3) is 0.261. The fourth-order valence-electron chi connectivity index (χ4n) is 3.39. The Morgan fingerprint density at radius 2 is 1.56 bits per heavy atom. The van der Waals surface area contributed by atoms with Crippen molar-refractivity contribution in [3.63, 3.8) is 0 Å². The molecule has 2 heteroatoms. The van der Waals surface area contributed by atoms with Crippen LogP contribution in [0.25, 0.3) is 22.4 Å². The second-order valence-electron chi connectivity index (χ2n) is 6.76. The van der Waals surface area contributed by atoms with Gasteiger partial charge in [0.2, 0.25) is 0 Å². The predicted octanol–water partition coefficient (Wildman–Crippen LogP) is 6.35. The smallest absolute Gasteiger partial charge is 0.123 e. The van der Waals surface area contributed by atoms with Gasteiger partial charge in [0.1, 0.15) is 5.82 Å². The number of pyridine rings is 1. The predicted molar refractivity (Wildman–Crippen MR) is 103 cm³/mol. The Bertz CT molecular complexity index is 941. The van der Waals surface area contributed by atoms with E-state index in [1.54, 1.807) is 6.07 Å². The van der Waals surface area contributed by atoms with Crippen molar-refractivity contribution in [2.24, 2.45) is 0 Å². The normalized spacial score (nSPS) is 11.0. The van der Waals surface area contributed by atoms with E-state index >= 15 is 0 Å². The number of hydrogen-bond acceptors (Lipinski definition) is 1. The van der Waals surface area contributed by atoms with Crippen molar-refractivity contribution in [3.05, 3.63) is 76.2 Å². The number of aromatic nitrogens is 1. The number of halogens is 1. The average Bonchev–Trinajstić information content (AvgIpc) is 2.57. The summed E-state index contributed by atoms with van der Waals surface area (Å²) in [6, 6.07) is 13.6. The second kappa shape index (κ2) is 6.79. The summed E-state index contributed by atoms with van der Waals surface area (Å²) in [5.41, 5.74) is 9.82. The maximum absolute atomic E-state index is 13.8. The summed E-state index contributed by atoms with van der Waals surface area (Å²) in [7, 11) is 0. The third kappa shape index (κ3) is 3.34. The van der Waals surface area contributed by atoms with Gasteiger partial charge in [0.05, 0.1) is 5.69 Å². The Morgan fingerprint density at radius 3 is 2.24 bits per heavy atom. The molecule has 25 heavy (non-hydrogen) atoms. The minimum Gasteiger partial charge on any atom is -0.252 e. The molecule has 128 valence electrons. The lowest BCUT2D eigenvalue weighted by atomic mass is 9.93. The molecule has 0 bridgehead atoms. The molecule has 0 N–H and O–H groups in total. The first-order chi connectivity index (χ1) is 11.9. The summed E-state index contributed by atoms with van der Waals surface area (Å²) < 4.78 is 13.8. The topological polar surface area (TPSA) is 12.9 Å². The van der Waals surface area contributed by atoms with Crippen LogP contribution in [0.15, 0.2) is 42.5 Å². The molecular formula is C23H24FN. The monoisotopic (exact) mass is 333 g/mol. The van der Waals surface area contributed by atoms with Gasteiger partial charge in [-0.15, -0.1) is 0 Å². The molecule has 1 heterocycles. The molecule has 0 spiro atoms. The molecular weight excluding hydrogens is 309 g/mol. The van der Waals surface area contributed by atoms with Crippen LogP contribution in [0, 0.1) is 33.5 Å². The van der Waals surface area contributed by atoms with Crippen LogP contribution in [0.5, 0.6) is 0 Å². The summed E-state index contributed by atoms with van der Waals surface area (Å²) in [6.07, 6.45) is 0.886. The third-order valence-corrected chi connectivity index (χ3v) is 4.80. The van der Waals surface area contributed by atoms with Gasteiger partial charge in [0.25, 0.3) is 0 Å². The van der Waals surface area contributed by atoms with Crippen molar-refractivity contribution in [1.29, 1.82) is 0 Å². The highest BCUT2D eigenvalue weighted by Gasteiger charge is 2.15. The van der Waals surface area contributed by atoms with Gasteiger partial charge in [-0.3, -0.25) is 4.98 Å². The maximum atomic E-state index is 13.8. The SMILES string of the molecule is CCc1cc(-c2cc(F)ccc2C)c(C)nc1-c1ccc(C)cc1C. The van der Waals surface area contributed by atoms with E-state index < -0.39 is 0 Å². The van der Waals surface area contributed by atoms with Gasteiger partial charge in [-0.05, 0) is 74.6 Å². The molecule has 0 saturated heterocycles. The van der Waals surface area contributed by atoms with Gasteiger partial charge >= 0.3 is 0 Å². The highest BCUT2D eigenvalue weighted by molar-refractivity contribution is 5.75. The van der Waals surface area contributed by atoms with Crippen LogP contribution < -0.4 is 0 Å². The van der Waals surface area contributed by atoms with E-state index in [4.69, 9.17) is 4.98 Å². The Morgan fingerprint density at radius 1 is 0.800 bits per heavy atom. The van der Waals surface area contributed by atoms with Crippen LogP contribution in [-0.4, -0.2) is 4.98 Å². The zero-order valence-electron chi connectivity index (χ0n) is 15.6. The average molecular weight is 333 g/mol. The second-order valence-corrected chi connectivity index (χ2v) is 6.76. The summed E-state index contributed by atoms with van der Waals surface area (Å²) in [5.74, 6) is -0.212. The first-order valence-corrected chi connectivity index (χ1v) is 8.75. The van der Waals surface area contributed by atoms with E-state index in [1.165, 1.54) is 28.3 Å². The molecule has 1 aromatic heterocycles. The van der Waals surface area contributed by atoms with Crippen LogP contribution in [0.2, 0.25) is 0 Å². The Labute approximate surface area is 149 Å². The first-order valence-electron chi connectivity index (χ1n) is 8.75. The van der Waals surface area contributed by atoms with Gasteiger partial charge in [0.15, 0.2) is 0 Å². The van der Waals surface area contributed by atoms with Crippen LogP contribution in [0.4, 0.5) is 4.39 Å². The zero-order chi connectivity index (χ0) is 18.1. The van der Waals surface area contributed by atoms with E-state index in [9.17, 15) is 4.39 Å². The van der Waals surface area contributed by atoms with Crippen LogP contribution in [-0.2, 0) is 6.42 Å². The highest BCUT2D eigenvalue weighted by Crippen LogP contribution is 2.33. The minimum atomic E-state index is -0.212. The van der Waals surface area contributed by atoms with E-state index in [1.807, 2.05) is 19.9 Å². The molecule has 0 atom stereocenters. The number of benzene rings is 2. The Hall–Kier alpha value is -2.48. The maximum Gasteiger partial charge on any atom is 0.123 e. The number of nitrogens with zero attached hydrogens (tertiary/aromatic N) is 1. The fourth-order valence-corrected chi connectivity index (χ4v) is 3.39. The molecule has 3 rings (SSSR count). The van der Waals surface area contributed by atoms with E-state index in [0.29, 0.717) is 0 Å². The summed E-state index contributed by atoms with van der Waals surface area (Å²) in [6.45, 7) is 10.4. The van der Waals surface area contributed by atoms with Gasteiger partial charge in [-0.25, -0.2) is 4.39 Å². The largest absolute Gasteiger partial charge is 0.252 e. The molecule has 2 aromatic carbocycles. The molecule has 0 saturated carbocycles. The summed E-state index contributed by atoms with van der Waals surface area (Å²) in [5, 5.41) is 0. The van der Waals surface area contributed by atoms with Crippen molar-refractivity contribution < 1.29 is 4.39 Å². The van der Waals surface area contributed by atoms with E-state index in [0.717, 1.165) is 34.5 Å². The van der Waals surface area contributed by atoms with Crippen molar-refractivity contribution in [3.8, 4) is 22.4 Å². The van der Waals surface area contributed by atoms with Crippen LogP contribution in [0.1, 0.15) is 34.9 Å². The minimum absolute atomic E-state index is 0.212. The number of hydrogen-bond donors (Lipinski definition) is 0. The van der Waals surface area contributed by atoms with E-state index in [-0.39, 0.29) is 5.82 Å². The van der Waals surface area contributed by atoms with Crippen molar-refractivity contribution in [1.82, 2.24) is 4.98 Å². The lowest BCUT2D eigenvalue weighted by Gasteiger charge is -2.16. The molecule has 1 nitrogen and oxygen atoms in total. The molecule has 3 aromatic rings. The zero-order valence-corrected chi connectivity index (χ0v) is 15.6. The Kier molecular flexibility index (Phi) is 4.71. The van der Waals surface area contributed by atoms with Gasteiger partial charge in [-0.1, -0.05) is 36.8 Å². The summed E-state index contributed by atoms with van der Waals surface area (Å²) >= 11 is 0. The van der Waals surface area contributed by atoms with Gasteiger partial charge < -0.3 is 0 Å². The first kappa shape index (κ1) is 17.3.